The van der Waals surface area contributed by atoms with Crippen molar-refractivity contribution in [1.82, 2.24) is 5.32 Å². The molecule has 0 aliphatic carbocycles. The highest BCUT2D eigenvalue weighted by molar-refractivity contribution is 8.01. The van der Waals surface area contributed by atoms with E-state index in [4.69, 9.17) is 4.74 Å². The summed E-state index contributed by atoms with van der Waals surface area (Å²) in [4.78, 5) is 23.7. The molecule has 2 fully saturated rings. The predicted molar refractivity (Wildman–Crippen MR) is 73.2 cm³/mol. The summed E-state index contributed by atoms with van der Waals surface area (Å²) in [6.45, 7) is 3.06. The van der Waals surface area contributed by atoms with Crippen LogP contribution in [0.5, 0.6) is 0 Å². The summed E-state index contributed by atoms with van der Waals surface area (Å²) in [6, 6.07) is 0. The van der Waals surface area contributed by atoms with Crippen LogP contribution < -0.4 is 5.32 Å². The van der Waals surface area contributed by atoms with Crippen LogP contribution in [-0.4, -0.2) is 47.2 Å². The van der Waals surface area contributed by atoms with Crippen LogP contribution in [0, 0.1) is 5.41 Å². The zero-order valence-electron chi connectivity index (χ0n) is 11.2. The first-order chi connectivity index (χ1) is 8.99. The molecule has 1 atom stereocenters. The average molecular weight is 287 g/mol. The SMILES string of the molecule is CC1(C(=O)NCC2(C(=O)O)CCOCC2)CCCS1. The molecule has 6 heteroatoms. The Morgan fingerprint density at radius 1 is 1.32 bits per heavy atom. The second-order valence-electron chi connectivity index (χ2n) is 5.56. The second-order valence-corrected chi connectivity index (χ2v) is 7.16. The third-order valence-corrected chi connectivity index (χ3v) is 5.71. The van der Waals surface area contributed by atoms with Crippen LogP contribution in [0.4, 0.5) is 0 Å². The number of amides is 1. The minimum absolute atomic E-state index is 0.0258. The minimum atomic E-state index is -0.854. The maximum Gasteiger partial charge on any atom is 0.311 e. The minimum Gasteiger partial charge on any atom is -0.481 e. The van der Waals surface area contributed by atoms with Crippen LogP contribution in [0.25, 0.3) is 0 Å². The number of thioether (sulfide) groups is 1. The Balaban J connectivity index is 1.95. The first-order valence-electron chi connectivity index (χ1n) is 6.72. The van der Waals surface area contributed by atoms with Crippen molar-refractivity contribution in [3.63, 3.8) is 0 Å². The number of carboxylic acids is 1. The van der Waals surface area contributed by atoms with Crippen LogP contribution in [0.15, 0.2) is 0 Å². The number of carboxylic acid groups (broad SMARTS) is 1. The number of rotatable bonds is 4. The van der Waals surface area contributed by atoms with E-state index >= 15 is 0 Å². The average Bonchev–Trinajstić information content (AvgIpc) is 2.85. The van der Waals surface area contributed by atoms with E-state index in [9.17, 15) is 14.7 Å². The van der Waals surface area contributed by atoms with E-state index in [1.165, 1.54) is 0 Å². The van der Waals surface area contributed by atoms with Gasteiger partial charge in [-0.15, -0.1) is 11.8 Å². The second kappa shape index (κ2) is 5.71. The van der Waals surface area contributed by atoms with Crippen LogP contribution in [0.1, 0.15) is 32.6 Å². The Labute approximate surface area is 117 Å². The summed E-state index contributed by atoms with van der Waals surface area (Å²) >= 11 is 1.66. The fraction of sp³-hybridized carbons (Fsp3) is 0.846. The van der Waals surface area contributed by atoms with E-state index in [1.807, 2.05) is 6.92 Å². The molecule has 0 spiro atoms. The van der Waals surface area contributed by atoms with Crippen molar-refractivity contribution in [3.8, 4) is 0 Å². The predicted octanol–water partition coefficient (Wildman–Crippen LogP) is 1.27. The summed E-state index contributed by atoms with van der Waals surface area (Å²) in [5, 5.41) is 12.3. The van der Waals surface area contributed by atoms with Crippen molar-refractivity contribution < 1.29 is 19.4 Å². The number of carbonyl (C=O) groups excluding carboxylic acids is 1. The summed E-state index contributed by atoms with van der Waals surface area (Å²) < 4.78 is 4.84. The Hall–Kier alpha value is -0.750. The molecule has 0 aromatic heterocycles. The van der Waals surface area contributed by atoms with E-state index < -0.39 is 11.4 Å². The molecule has 0 saturated carbocycles. The number of hydrogen-bond donors (Lipinski definition) is 2. The van der Waals surface area contributed by atoms with Gasteiger partial charge in [0.2, 0.25) is 5.91 Å². The van der Waals surface area contributed by atoms with E-state index in [2.05, 4.69) is 5.32 Å². The maximum absolute atomic E-state index is 12.2. The van der Waals surface area contributed by atoms with Gasteiger partial charge in [-0.3, -0.25) is 9.59 Å². The van der Waals surface area contributed by atoms with Crippen molar-refractivity contribution in [3.05, 3.63) is 0 Å². The van der Waals surface area contributed by atoms with Gasteiger partial charge in [0.1, 0.15) is 0 Å². The molecule has 0 aromatic carbocycles. The smallest absolute Gasteiger partial charge is 0.311 e. The van der Waals surface area contributed by atoms with Gasteiger partial charge in [0.25, 0.3) is 0 Å². The van der Waals surface area contributed by atoms with Gasteiger partial charge in [-0.05, 0) is 38.4 Å². The van der Waals surface area contributed by atoms with Crippen molar-refractivity contribution in [2.75, 3.05) is 25.5 Å². The number of aliphatic carboxylic acids is 1. The van der Waals surface area contributed by atoms with E-state index in [0.717, 1.165) is 18.6 Å². The summed E-state index contributed by atoms with van der Waals surface area (Å²) in [5.74, 6) is 0.143. The van der Waals surface area contributed by atoms with Gasteiger partial charge >= 0.3 is 5.97 Å². The third-order valence-electron chi connectivity index (χ3n) is 4.19. The molecular formula is C13H21NO4S. The molecule has 1 amide bonds. The van der Waals surface area contributed by atoms with Gasteiger partial charge < -0.3 is 15.2 Å². The zero-order valence-corrected chi connectivity index (χ0v) is 12.1. The molecule has 0 aromatic rings. The van der Waals surface area contributed by atoms with E-state index in [0.29, 0.717) is 26.1 Å². The molecule has 0 bridgehead atoms. The first kappa shape index (κ1) is 14.7. The Morgan fingerprint density at radius 2 is 2.00 bits per heavy atom. The third kappa shape index (κ3) is 3.05. The standard InChI is InChI=1S/C13H21NO4S/c1-12(3-2-8-19-12)10(15)14-9-13(11(16)17)4-6-18-7-5-13/h2-9H2,1H3,(H,14,15)(H,16,17). The largest absolute Gasteiger partial charge is 0.481 e. The molecule has 2 aliphatic rings. The molecule has 2 N–H and O–H groups in total. The number of ether oxygens (including phenoxy) is 1. The number of carbonyl (C=O) groups is 2. The van der Waals surface area contributed by atoms with Crippen molar-refractivity contribution >= 4 is 23.6 Å². The molecule has 0 radical (unpaired) electrons. The lowest BCUT2D eigenvalue weighted by Crippen LogP contribution is -2.50. The van der Waals surface area contributed by atoms with Crippen LogP contribution >= 0.6 is 11.8 Å². The van der Waals surface area contributed by atoms with Crippen LogP contribution in [0.3, 0.4) is 0 Å². The molecule has 2 rings (SSSR count). The highest BCUT2D eigenvalue weighted by atomic mass is 32.2. The van der Waals surface area contributed by atoms with Gasteiger partial charge in [0.05, 0.1) is 10.2 Å². The molecule has 108 valence electrons. The lowest BCUT2D eigenvalue weighted by molar-refractivity contribution is -0.154. The molecule has 5 nitrogen and oxygen atoms in total. The van der Waals surface area contributed by atoms with Gasteiger partial charge in [0.15, 0.2) is 0 Å². The molecule has 2 heterocycles. The molecule has 1 unspecified atom stereocenters. The van der Waals surface area contributed by atoms with Gasteiger partial charge in [0, 0.05) is 19.8 Å². The highest BCUT2D eigenvalue weighted by Crippen LogP contribution is 2.38. The molecule has 2 aliphatic heterocycles. The van der Waals surface area contributed by atoms with Gasteiger partial charge in [-0.25, -0.2) is 0 Å². The van der Waals surface area contributed by atoms with E-state index in [-0.39, 0.29) is 17.2 Å². The molecular weight excluding hydrogens is 266 g/mol. The van der Waals surface area contributed by atoms with Gasteiger partial charge in [-0.2, -0.15) is 0 Å². The number of hydrogen-bond acceptors (Lipinski definition) is 4. The Morgan fingerprint density at radius 3 is 2.53 bits per heavy atom. The van der Waals surface area contributed by atoms with Crippen molar-refractivity contribution in [1.29, 1.82) is 0 Å². The lowest BCUT2D eigenvalue weighted by Gasteiger charge is -2.34. The molecule has 2 saturated heterocycles. The monoisotopic (exact) mass is 287 g/mol. The van der Waals surface area contributed by atoms with Crippen LogP contribution in [-0.2, 0) is 14.3 Å². The lowest BCUT2D eigenvalue weighted by atomic mass is 9.80. The quantitative estimate of drug-likeness (QED) is 0.814. The fourth-order valence-electron chi connectivity index (χ4n) is 2.62. The number of nitrogens with one attached hydrogen (secondary N) is 1. The maximum atomic E-state index is 12.2. The zero-order chi connectivity index (χ0) is 13.9. The summed E-state index contributed by atoms with van der Waals surface area (Å²) in [5.41, 5.74) is -0.854. The topological polar surface area (TPSA) is 75.6 Å². The van der Waals surface area contributed by atoms with Gasteiger partial charge in [-0.1, -0.05) is 0 Å². The first-order valence-corrected chi connectivity index (χ1v) is 7.71. The summed E-state index contributed by atoms with van der Waals surface area (Å²) in [6.07, 6.45) is 2.85. The Kier molecular flexibility index (Phi) is 4.40. The van der Waals surface area contributed by atoms with Crippen molar-refractivity contribution in [2.45, 2.75) is 37.4 Å². The summed E-state index contributed by atoms with van der Waals surface area (Å²) in [7, 11) is 0. The molecule has 19 heavy (non-hydrogen) atoms. The normalized spacial score (nSPS) is 29.9. The van der Waals surface area contributed by atoms with Crippen molar-refractivity contribution in [2.24, 2.45) is 5.41 Å². The van der Waals surface area contributed by atoms with E-state index in [1.54, 1.807) is 11.8 Å². The van der Waals surface area contributed by atoms with Crippen LogP contribution in [0.2, 0.25) is 0 Å². The fourth-order valence-corrected chi connectivity index (χ4v) is 3.85. The Bertz CT molecular complexity index is 360. The highest BCUT2D eigenvalue weighted by Gasteiger charge is 2.43.